The van der Waals surface area contributed by atoms with E-state index in [1.165, 1.54) is 11.0 Å². The van der Waals surface area contributed by atoms with Crippen molar-refractivity contribution in [3.8, 4) is 5.75 Å². The summed E-state index contributed by atoms with van der Waals surface area (Å²) in [4.78, 5) is 25.9. The number of morpholine rings is 1. The quantitative estimate of drug-likeness (QED) is 0.798. The molecule has 2 aromatic carbocycles. The van der Waals surface area contributed by atoms with Gasteiger partial charge >= 0.3 is 0 Å². The Morgan fingerprint density at radius 3 is 2.63 bits per heavy atom. The van der Waals surface area contributed by atoms with Gasteiger partial charge in [0, 0.05) is 12.2 Å². The number of anilines is 1. The second-order valence-electron chi connectivity index (χ2n) is 6.11. The number of hydrogen-bond acceptors (Lipinski definition) is 4. The van der Waals surface area contributed by atoms with Crippen LogP contribution in [-0.2, 0) is 20.9 Å². The van der Waals surface area contributed by atoms with Crippen LogP contribution in [0.4, 0.5) is 5.69 Å². The molecule has 0 bridgehead atoms. The van der Waals surface area contributed by atoms with Crippen molar-refractivity contribution in [1.29, 1.82) is 0 Å². The molecule has 1 N–H and O–H groups in total. The molecule has 1 heterocycles. The van der Waals surface area contributed by atoms with Gasteiger partial charge < -0.3 is 19.7 Å². The van der Waals surface area contributed by atoms with Crippen LogP contribution < -0.4 is 10.1 Å². The first kappa shape index (κ1) is 18.7. The van der Waals surface area contributed by atoms with Crippen LogP contribution in [0.3, 0.4) is 0 Å². The van der Waals surface area contributed by atoms with E-state index < -0.39 is 6.04 Å². The molecule has 6 nitrogen and oxygen atoms in total. The van der Waals surface area contributed by atoms with E-state index in [1.807, 2.05) is 30.3 Å². The van der Waals surface area contributed by atoms with E-state index in [9.17, 15) is 9.59 Å². The van der Waals surface area contributed by atoms with Crippen LogP contribution in [0.25, 0.3) is 0 Å². The molecule has 0 aliphatic carbocycles. The van der Waals surface area contributed by atoms with Crippen LogP contribution in [0.1, 0.15) is 5.56 Å². The first-order valence-electron chi connectivity index (χ1n) is 8.76. The average molecular weight is 366 g/mol. The van der Waals surface area contributed by atoms with Gasteiger partial charge in [-0.3, -0.25) is 9.59 Å². The number of hydrogen-bond donors (Lipinski definition) is 1. The van der Waals surface area contributed by atoms with Crippen molar-refractivity contribution < 1.29 is 19.1 Å². The first-order chi connectivity index (χ1) is 13.2. The van der Waals surface area contributed by atoms with Crippen molar-refractivity contribution in [2.75, 3.05) is 25.1 Å². The molecule has 1 saturated heterocycles. The fourth-order valence-electron chi connectivity index (χ4n) is 2.80. The highest BCUT2D eigenvalue weighted by atomic mass is 16.5. The lowest BCUT2D eigenvalue weighted by atomic mass is 10.2. The van der Waals surface area contributed by atoms with E-state index in [0.29, 0.717) is 31.2 Å². The van der Waals surface area contributed by atoms with E-state index in [0.717, 1.165) is 5.56 Å². The lowest BCUT2D eigenvalue weighted by Gasteiger charge is -2.33. The Hall–Kier alpha value is -3.12. The van der Waals surface area contributed by atoms with Crippen molar-refractivity contribution in [3.05, 3.63) is 72.8 Å². The summed E-state index contributed by atoms with van der Waals surface area (Å²) < 4.78 is 11.1. The van der Waals surface area contributed by atoms with Crippen molar-refractivity contribution in [2.45, 2.75) is 12.6 Å². The number of carbonyl (C=O) groups excluding carboxylic acids is 2. The molecule has 1 fully saturated rings. The van der Waals surface area contributed by atoms with Crippen LogP contribution in [0.5, 0.6) is 5.75 Å². The van der Waals surface area contributed by atoms with Crippen LogP contribution in [0.15, 0.2) is 67.3 Å². The summed E-state index contributed by atoms with van der Waals surface area (Å²) in [5.41, 5.74) is 1.71. The molecule has 6 heteroatoms. The molecule has 1 aliphatic heterocycles. The number of benzene rings is 2. The maximum absolute atomic E-state index is 12.5. The van der Waals surface area contributed by atoms with Crippen molar-refractivity contribution in [2.24, 2.45) is 0 Å². The number of nitrogens with zero attached hydrogens (tertiary/aromatic N) is 1. The summed E-state index contributed by atoms with van der Waals surface area (Å²) in [6.07, 6.45) is 1.21. The number of nitrogens with one attached hydrogen (secondary N) is 1. The van der Waals surface area contributed by atoms with Gasteiger partial charge in [0.1, 0.15) is 18.4 Å². The summed E-state index contributed by atoms with van der Waals surface area (Å²) in [5, 5.41) is 2.82. The molecule has 3 rings (SSSR count). The van der Waals surface area contributed by atoms with Crippen LogP contribution in [-0.4, -0.2) is 42.5 Å². The smallest absolute Gasteiger partial charge is 0.249 e. The van der Waals surface area contributed by atoms with E-state index in [2.05, 4.69) is 11.9 Å². The van der Waals surface area contributed by atoms with Gasteiger partial charge in [-0.25, -0.2) is 0 Å². The molecule has 0 saturated carbocycles. The zero-order chi connectivity index (χ0) is 19.1. The number of rotatable bonds is 6. The molecule has 2 aromatic rings. The highest BCUT2D eigenvalue weighted by Crippen LogP contribution is 2.18. The summed E-state index contributed by atoms with van der Waals surface area (Å²) in [6.45, 7) is 4.92. The Bertz CT molecular complexity index is 790. The molecular weight excluding hydrogens is 344 g/mol. The Morgan fingerprint density at radius 2 is 1.93 bits per heavy atom. The van der Waals surface area contributed by atoms with Crippen LogP contribution in [0, 0.1) is 0 Å². The highest BCUT2D eigenvalue weighted by molar-refractivity contribution is 5.99. The number of ether oxygens (including phenoxy) is 2. The summed E-state index contributed by atoms with van der Waals surface area (Å²) in [6, 6.07) is 16.3. The van der Waals surface area contributed by atoms with Gasteiger partial charge in [0.05, 0.1) is 13.2 Å². The lowest BCUT2D eigenvalue weighted by Crippen LogP contribution is -2.53. The maximum atomic E-state index is 12.5. The largest absolute Gasteiger partial charge is 0.489 e. The van der Waals surface area contributed by atoms with Crippen molar-refractivity contribution in [1.82, 2.24) is 4.90 Å². The van der Waals surface area contributed by atoms with Crippen LogP contribution >= 0.6 is 0 Å². The SMILES string of the molecule is C=CC(=O)N1CCOCC1C(=O)Nc1ccc(OCc2ccccc2)cc1. The Kier molecular flexibility index (Phi) is 6.22. The third-order valence-electron chi connectivity index (χ3n) is 4.26. The maximum Gasteiger partial charge on any atom is 0.249 e. The van der Waals surface area contributed by atoms with Gasteiger partial charge in [-0.1, -0.05) is 36.9 Å². The summed E-state index contributed by atoms with van der Waals surface area (Å²) >= 11 is 0. The zero-order valence-electron chi connectivity index (χ0n) is 15.0. The predicted octanol–water partition coefficient (Wildman–Crippen LogP) is 2.62. The normalized spacial score (nSPS) is 16.4. The third-order valence-corrected chi connectivity index (χ3v) is 4.26. The van der Waals surface area contributed by atoms with Gasteiger partial charge in [0.15, 0.2) is 0 Å². The molecule has 1 atom stereocenters. The van der Waals surface area contributed by atoms with Crippen molar-refractivity contribution >= 4 is 17.5 Å². The monoisotopic (exact) mass is 366 g/mol. The zero-order valence-corrected chi connectivity index (χ0v) is 15.0. The Morgan fingerprint density at radius 1 is 1.19 bits per heavy atom. The highest BCUT2D eigenvalue weighted by Gasteiger charge is 2.31. The fourth-order valence-corrected chi connectivity index (χ4v) is 2.80. The molecule has 0 aromatic heterocycles. The number of amides is 2. The number of carbonyl (C=O) groups is 2. The molecule has 1 unspecified atom stereocenters. The Balaban J connectivity index is 1.57. The first-order valence-corrected chi connectivity index (χ1v) is 8.76. The lowest BCUT2D eigenvalue weighted by molar-refractivity contribution is -0.142. The second-order valence-corrected chi connectivity index (χ2v) is 6.11. The minimum Gasteiger partial charge on any atom is -0.489 e. The predicted molar refractivity (Wildman–Crippen MR) is 102 cm³/mol. The fraction of sp³-hybridized carbons (Fsp3) is 0.238. The molecule has 0 radical (unpaired) electrons. The van der Waals surface area contributed by atoms with E-state index in [-0.39, 0.29) is 18.4 Å². The molecule has 27 heavy (non-hydrogen) atoms. The minimum atomic E-state index is -0.668. The average Bonchev–Trinajstić information content (AvgIpc) is 2.73. The second kappa shape index (κ2) is 9.00. The molecular formula is C21H22N2O4. The molecule has 2 amide bonds. The van der Waals surface area contributed by atoms with Gasteiger partial charge in [0.2, 0.25) is 11.8 Å². The molecule has 0 spiro atoms. The van der Waals surface area contributed by atoms with Crippen LogP contribution in [0.2, 0.25) is 0 Å². The molecule has 140 valence electrons. The van der Waals surface area contributed by atoms with Gasteiger partial charge in [-0.2, -0.15) is 0 Å². The van der Waals surface area contributed by atoms with E-state index in [4.69, 9.17) is 9.47 Å². The topological polar surface area (TPSA) is 67.9 Å². The summed E-state index contributed by atoms with van der Waals surface area (Å²) in [7, 11) is 0. The van der Waals surface area contributed by atoms with E-state index in [1.54, 1.807) is 24.3 Å². The molecule has 1 aliphatic rings. The van der Waals surface area contributed by atoms with Gasteiger partial charge in [-0.15, -0.1) is 0 Å². The minimum absolute atomic E-state index is 0.170. The Labute approximate surface area is 158 Å². The summed E-state index contributed by atoms with van der Waals surface area (Å²) in [5.74, 6) is 0.146. The standard InChI is InChI=1S/C21H22N2O4/c1-2-20(24)23-12-13-26-15-19(23)21(25)22-17-8-10-18(11-9-17)27-14-16-6-4-3-5-7-16/h2-11,19H,1,12-15H2,(H,22,25). The van der Waals surface area contributed by atoms with Crippen molar-refractivity contribution in [3.63, 3.8) is 0 Å². The third kappa shape index (κ3) is 4.95. The van der Waals surface area contributed by atoms with E-state index >= 15 is 0 Å². The van der Waals surface area contributed by atoms with Gasteiger partial charge in [-0.05, 0) is 35.9 Å². The van der Waals surface area contributed by atoms with Gasteiger partial charge in [0.25, 0.3) is 0 Å².